The Morgan fingerprint density at radius 1 is 0.920 bits per heavy atom. The lowest BCUT2D eigenvalue weighted by atomic mass is 10.1. The van der Waals surface area contributed by atoms with Gasteiger partial charge in [-0.15, -0.1) is 0 Å². The average Bonchev–Trinajstić information content (AvgIpc) is 2.60. The molecule has 0 N–H and O–H groups in total. The van der Waals surface area contributed by atoms with Crippen LogP contribution >= 0.6 is 0 Å². The van der Waals surface area contributed by atoms with Gasteiger partial charge in [-0.05, 0) is 24.3 Å². The van der Waals surface area contributed by atoms with E-state index >= 15 is 0 Å². The number of anilines is 1. The quantitative estimate of drug-likeness (QED) is 0.518. The molecule has 0 aliphatic rings. The summed E-state index contributed by atoms with van der Waals surface area (Å²) >= 11 is 0. The van der Waals surface area contributed by atoms with Gasteiger partial charge in [-0.3, -0.25) is 4.79 Å². The van der Waals surface area contributed by atoms with Crippen LogP contribution in [-0.2, 0) is 10.1 Å². The lowest BCUT2D eigenvalue weighted by Crippen LogP contribution is -2.12. The molecule has 6 heteroatoms. The first-order valence-electron chi connectivity index (χ1n) is 7.61. The van der Waals surface area contributed by atoms with Crippen LogP contribution in [0.5, 0.6) is 5.75 Å². The molecule has 0 saturated carbocycles. The van der Waals surface area contributed by atoms with Gasteiger partial charge in [-0.2, -0.15) is 8.42 Å². The van der Waals surface area contributed by atoms with Crippen LogP contribution in [0.4, 0.5) is 5.69 Å². The monoisotopic (exact) mass is 355 g/mol. The molecule has 0 fully saturated rings. The SMILES string of the molecule is CN(C)c1cccc2c(S(=O)(=O)Oc3cccc(C=O)c3)cccc12. The van der Waals surface area contributed by atoms with Gasteiger partial charge < -0.3 is 9.08 Å². The summed E-state index contributed by atoms with van der Waals surface area (Å²) in [4.78, 5) is 12.9. The molecule has 0 bridgehead atoms. The van der Waals surface area contributed by atoms with Crippen molar-refractivity contribution >= 4 is 32.9 Å². The van der Waals surface area contributed by atoms with E-state index in [1.165, 1.54) is 18.2 Å². The molecule has 0 aromatic heterocycles. The number of nitrogens with zero attached hydrogens (tertiary/aromatic N) is 1. The number of hydrogen-bond acceptors (Lipinski definition) is 5. The van der Waals surface area contributed by atoms with Gasteiger partial charge in [0.05, 0.1) is 0 Å². The lowest BCUT2D eigenvalue weighted by molar-refractivity contribution is 0.112. The summed E-state index contributed by atoms with van der Waals surface area (Å²) in [6.45, 7) is 0. The second-order valence-electron chi connectivity index (χ2n) is 5.75. The number of fused-ring (bicyclic) bond motifs is 1. The highest BCUT2D eigenvalue weighted by molar-refractivity contribution is 7.87. The molecule has 0 spiro atoms. The Kier molecular flexibility index (Phi) is 4.46. The van der Waals surface area contributed by atoms with Crippen LogP contribution in [0.15, 0.2) is 65.6 Å². The van der Waals surface area contributed by atoms with Crippen molar-refractivity contribution in [3.05, 3.63) is 66.2 Å². The molecule has 3 rings (SSSR count). The van der Waals surface area contributed by atoms with Crippen LogP contribution in [0.3, 0.4) is 0 Å². The highest BCUT2D eigenvalue weighted by Crippen LogP contribution is 2.31. The van der Waals surface area contributed by atoms with Crippen LogP contribution in [0.25, 0.3) is 10.8 Å². The first-order valence-corrected chi connectivity index (χ1v) is 9.02. The molecule has 0 aliphatic heterocycles. The molecule has 0 atom stereocenters. The zero-order chi connectivity index (χ0) is 18.0. The van der Waals surface area contributed by atoms with E-state index in [0.717, 1.165) is 11.1 Å². The molecule has 25 heavy (non-hydrogen) atoms. The maximum Gasteiger partial charge on any atom is 0.339 e. The van der Waals surface area contributed by atoms with E-state index in [-0.39, 0.29) is 10.6 Å². The fourth-order valence-corrected chi connectivity index (χ4v) is 3.82. The predicted octanol–water partition coefficient (Wildman–Crippen LogP) is 3.49. The summed E-state index contributed by atoms with van der Waals surface area (Å²) in [5.41, 5.74) is 1.26. The van der Waals surface area contributed by atoms with Gasteiger partial charge in [0.1, 0.15) is 16.9 Å². The first-order chi connectivity index (χ1) is 11.9. The van der Waals surface area contributed by atoms with Crippen molar-refractivity contribution in [2.24, 2.45) is 0 Å². The van der Waals surface area contributed by atoms with Crippen molar-refractivity contribution in [2.75, 3.05) is 19.0 Å². The maximum absolute atomic E-state index is 12.8. The third kappa shape index (κ3) is 3.34. The third-order valence-corrected chi connectivity index (χ3v) is 5.12. The molecule has 0 unspecified atom stereocenters. The summed E-state index contributed by atoms with van der Waals surface area (Å²) in [5, 5.41) is 1.40. The minimum absolute atomic E-state index is 0.0882. The molecule has 0 radical (unpaired) electrons. The minimum Gasteiger partial charge on any atom is -0.379 e. The minimum atomic E-state index is -4.04. The fourth-order valence-electron chi connectivity index (χ4n) is 2.68. The number of benzene rings is 3. The Hall–Kier alpha value is -2.86. The van der Waals surface area contributed by atoms with E-state index in [1.54, 1.807) is 24.3 Å². The number of rotatable bonds is 5. The first kappa shape index (κ1) is 17.0. The summed E-state index contributed by atoms with van der Waals surface area (Å²) < 4.78 is 30.8. The van der Waals surface area contributed by atoms with Crippen molar-refractivity contribution in [2.45, 2.75) is 4.90 Å². The van der Waals surface area contributed by atoms with Gasteiger partial charge in [0.25, 0.3) is 0 Å². The molecule has 0 aliphatic carbocycles. The molecule has 3 aromatic carbocycles. The van der Waals surface area contributed by atoms with Crippen LogP contribution in [0.1, 0.15) is 10.4 Å². The Balaban J connectivity index is 2.11. The second-order valence-corrected chi connectivity index (χ2v) is 7.27. The van der Waals surface area contributed by atoms with Crippen LogP contribution in [-0.4, -0.2) is 28.8 Å². The fraction of sp³-hybridized carbons (Fsp3) is 0.105. The highest BCUT2D eigenvalue weighted by atomic mass is 32.2. The largest absolute Gasteiger partial charge is 0.379 e. The molecular weight excluding hydrogens is 338 g/mol. The highest BCUT2D eigenvalue weighted by Gasteiger charge is 2.21. The summed E-state index contributed by atoms with van der Waals surface area (Å²) in [6.07, 6.45) is 0.640. The molecule has 3 aromatic rings. The van der Waals surface area contributed by atoms with Crippen molar-refractivity contribution in [3.63, 3.8) is 0 Å². The van der Waals surface area contributed by atoms with Crippen molar-refractivity contribution < 1.29 is 17.4 Å². The van der Waals surface area contributed by atoms with Gasteiger partial charge in [0, 0.05) is 36.1 Å². The lowest BCUT2D eigenvalue weighted by Gasteiger charge is -2.17. The number of aldehydes is 1. The van der Waals surface area contributed by atoms with Crippen molar-refractivity contribution in [1.82, 2.24) is 0 Å². The normalized spacial score (nSPS) is 11.3. The summed E-state index contributed by atoms with van der Waals surface area (Å²) in [7, 11) is -0.241. The summed E-state index contributed by atoms with van der Waals surface area (Å²) in [5.74, 6) is 0.102. The zero-order valence-electron chi connectivity index (χ0n) is 13.8. The molecular formula is C19H17NO4S. The Morgan fingerprint density at radius 3 is 2.32 bits per heavy atom. The topological polar surface area (TPSA) is 63.7 Å². The Morgan fingerprint density at radius 2 is 1.60 bits per heavy atom. The average molecular weight is 355 g/mol. The zero-order valence-corrected chi connectivity index (χ0v) is 14.7. The van der Waals surface area contributed by atoms with Gasteiger partial charge in [-0.25, -0.2) is 0 Å². The van der Waals surface area contributed by atoms with E-state index in [0.29, 0.717) is 17.2 Å². The van der Waals surface area contributed by atoms with Gasteiger partial charge >= 0.3 is 10.1 Å². The Labute approximate surface area is 146 Å². The van der Waals surface area contributed by atoms with Crippen molar-refractivity contribution in [3.8, 4) is 5.75 Å². The van der Waals surface area contributed by atoms with Gasteiger partial charge in [-0.1, -0.05) is 36.4 Å². The molecule has 0 saturated heterocycles. The molecule has 128 valence electrons. The van der Waals surface area contributed by atoms with Gasteiger partial charge in [0.15, 0.2) is 0 Å². The van der Waals surface area contributed by atoms with E-state index in [9.17, 15) is 13.2 Å². The van der Waals surface area contributed by atoms with E-state index in [1.807, 2.05) is 37.2 Å². The van der Waals surface area contributed by atoms with Crippen LogP contribution in [0, 0.1) is 0 Å². The predicted molar refractivity (Wildman–Crippen MR) is 97.9 cm³/mol. The summed E-state index contributed by atoms with van der Waals surface area (Å²) in [6, 6.07) is 16.6. The standard InChI is InChI=1S/C19H17NO4S/c1-20(2)18-10-4-9-17-16(18)8-5-11-19(17)25(22,23)24-15-7-3-6-14(12-15)13-21/h3-13H,1-2H3. The van der Waals surface area contributed by atoms with E-state index in [4.69, 9.17) is 4.18 Å². The number of hydrogen-bond donors (Lipinski definition) is 0. The van der Waals surface area contributed by atoms with E-state index < -0.39 is 10.1 Å². The second kappa shape index (κ2) is 6.57. The van der Waals surface area contributed by atoms with E-state index in [2.05, 4.69) is 0 Å². The molecule has 5 nitrogen and oxygen atoms in total. The number of carbonyl (C=O) groups excluding carboxylic acids is 1. The van der Waals surface area contributed by atoms with Gasteiger partial charge in [0.2, 0.25) is 0 Å². The van der Waals surface area contributed by atoms with Crippen LogP contribution in [0.2, 0.25) is 0 Å². The maximum atomic E-state index is 12.8. The van der Waals surface area contributed by atoms with Crippen molar-refractivity contribution in [1.29, 1.82) is 0 Å². The smallest absolute Gasteiger partial charge is 0.339 e. The third-order valence-electron chi connectivity index (χ3n) is 3.81. The molecule has 0 amide bonds. The van der Waals surface area contributed by atoms with Crippen LogP contribution < -0.4 is 9.08 Å². The number of carbonyl (C=O) groups is 1. The molecule has 0 heterocycles. The Bertz CT molecular complexity index is 1040.